The van der Waals surface area contributed by atoms with Gasteiger partial charge in [0.15, 0.2) is 0 Å². The molecule has 0 amide bonds. The van der Waals surface area contributed by atoms with Crippen molar-refractivity contribution in [3.8, 4) is 0 Å². The number of hydrogen-bond donors (Lipinski definition) is 0. The van der Waals surface area contributed by atoms with Gasteiger partial charge in [0, 0.05) is 0 Å². The summed E-state index contributed by atoms with van der Waals surface area (Å²) in [5, 5.41) is 11.3. The van der Waals surface area contributed by atoms with E-state index >= 15 is 0 Å². The van der Waals surface area contributed by atoms with Crippen LogP contribution in [0.1, 0.15) is 20.3 Å². The lowest BCUT2D eigenvalue weighted by Crippen LogP contribution is -2.16. The van der Waals surface area contributed by atoms with Gasteiger partial charge in [-0.15, -0.1) is 24.8 Å². The van der Waals surface area contributed by atoms with Crippen LogP contribution in [-0.2, 0) is 0 Å². The van der Waals surface area contributed by atoms with E-state index in [1.807, 2.05) is 0 Å². The van der Waals surface area contributed by atoms with E-state index in [9.17, 15) is 0 Å². The van der Waals surface area contributed by atoms with Crippen molar-refractivity contribution >= 4 is 37.5 Å². The predicted molar refractivity (Wildman–Crippen MR) is 75.4 cm³/mol. The van der Waals surface area contributed by atoms with Gasteiger partial charge in [-0.2, -0.15) is 0 Å². The second kappa shape index (κ2) is 11.6. The fourth-order valence-corrected chi connectivity index (χ4v) is 0.978. The maximum absolute atomic E-state index is 4.01. The summed E-state index contributed by atoms with van der Waals surface area (Å²) in [5.41, 5.74) is 0. The summed E-state index contributed by atoms with van der Waals surface area (Å²) in [4.78, 5) is 8.01. The van der Waals surface area contributed by atoms with Crippen LogP contribution in [0.2, 0.25) is 0 Å². The molecule has 2 aliphatic heterocycles. The molecule has 17 heavy (non-hydrogen) atoms. The SMILES string of the molecule is C1=NCCN1N=NN1C=NCC1.CCC.Cl.Cl. The summed E-state index contributed by atoms with van der Waals surface area (Å²) in [6.45, 7) is 7.53. The van der Waals surface area contributed by atoms with E-state index in [1.165, 1.54) is 6.42 Å². The molecule has 0 aromatic rings. The van der Waals surface area contributed by atoms with E-state index < -0.39 is 0 Å². The Kier molecular flexibility index (Phi) is 12.6. The first-order chi connectivity index (χ1) is 7.36. The lowest BCUT2D eigenvalue weighted by Gasteiger charge is -2.06. The van der Waals surface area contributed by atoms with Gasteiger partial charge < -0.3 is 0 Å². The first-order valence-corrected chi connectivity index (χ1v) is 5.31. The van der Waals surface area contributed by atoms with Crippen molar-refractivity contribution in [2.75, 3.05) is 26.2 Å². The van der Waals surface area contributed by atoms with Gasteiger partial charge in [-0.1, -0.05) is 20.3 Å². The highest BCUT2D eigenvalue weighted by Gasteiger charge is 2.05. The molecule has 0 unspecified atom stereocenters. The van der Waals surface area contributed by atoms with Gasteiger partial charge in [-0.25, -0.2) is 10.0 Å². The number of nitrogens with zero attached hydrogens (tertiary/aromatic N) is 6. The zero-order chi connectivity index (χ0) is 10.9. The third-order valence-corrected chi connectivity index (χ3v) is 1.62. The standard InChI is InChI=1S/C6H10N6.C3H8.2ClH/c1-3-11(5-7-1)9-10-12-4-2-8-6-12;1-3-2;;/h5-6H,1-4H2;3H2,1-2H3;2*1H. The van der Waals surface area contributed by atoms with Crippen LogP contribution in [0.3, 0.4) is 0 Å². The Morgan fingerprint density at radius 1 is 0.941 bits per heavy atom. The van der Waals surface area contributed by atoms with Crippen molar-refractivity contribution in [3.05, 3.63) is 0 Å². The highest BCUT2D eigenvalue weighted by Crippen LogP contribution is 1.98. The Morgan fingerprint density at radius 2 is 1.29 bits per heavy atom. The van der Waals surface area contributed by atoms with Crippen LogP contribution < -0.4 is 0 Å². The van der Waals surface area contributed by atoms with Crippen molar-refractivity contribution in [2.45, 2.75) is 20.3 Å². The van der Waals surface area contributed by atoms with E-state index in [4.69, 9.17) is 0 Å². The van der Waals surface area contributed by atoms with Crippen LogP contribution in [0, 0.1) is 0 Å². The fourth-order valence-electron chi connectivity index (χ4n) is 0.978. The first kappa shape index (κ1) is 18.5. The molecule has 0 aliphatic carbocycles. The minimum Gasteiger partial charge on any atom is -0.272 e. The van der Waals surface area contributed by atoms with E-state index in [0.717, 1.165) is 26.2 Å². The normalized spacial score (nSPS) is 16.6. The Morgan fingerprint density at radius 3 is 1.53 bits per heavy atom. The van der Waals surface area contributed by atoms with Crippen LogP contribution in [0.4, 0.5) is 0 Å². The van der Waals surface area contributed by atoms with Gasteiger partial charge in [0.1, 0.15) is 12.7 Å². The second-order valence-corrected chi connectivity index (χ2v) is 3.26. The molecule has 2 heterocycles. The van der Waals surface area contributed by atoms with Crippen LogP contribution in [-0.4, -0.2) is 48.9 Å². The second-order valence-electron chi connectivity index (χ2n) is 3.26. The highest BCUT2D eigenvalue weighted by atomic mass is 35.5. The lowest BCUT2D eigenvalue weighted by atomic mass is 10.6. The Balaban J connectivity index is 0. The third kappa shape index (κ3) is 7.93. The summed E-state index contributed by atoms with van der Waals surface area (Å²) in [7, 11) is 0. The average molecular weight is 283 g/mol. The Hall–Kier alpha value is -0.880. The van der Waals surface area contributed by atoms with Gasteiger partial charge in [-0.3, -0.25) is 9.98 Å². The monoisotopic (exact) mass is 282 g/mol. The van der Waals surface area contributed by atoms with E-state index in [-0.39, 0.29) is 24.8 Å². The molecule has 0 fully saturated rings. The maximum atomic E-state index is 4.01. The molecule has 8 heteroatoms. The molecule has 0 atom stereocenters. The molecule has 2 rings (SSSR count). The summed E-state index contributed by atoms with van der Waals surface area (Å²) in [6.07, 6.45) is 4.63. The van der Waals surface area contributed by atoms with Gasteiger partial charge >= 0.3 is 0 Å². The van der Waals surface area contributed by atoms with Crippen LogP contribution >= 0.6 is 24.8 Å². The molecule has 0 spiro atoms. The summed E-state index contributed by atoms with van der Waals surface area (Å²) in [5.74, 6) is 0. The summed E-state index contributed by atoms with van der Waals surface area (Å²) < 4.78 is 0. The van der Waals surface area contributed by atoms with Gasteiger partial charge in [0.2, 0.25) is 0 Å². The van der Waals surface area contributed by atoms with Crippen molar-refractivity contribution < 1.29 is 0 Å². The first-order valence-electron chi connectivity index (χ1n) is 5.31. The predicted octanol–water partition coefficient (Wildman–Crippen LogP) is 2.22. The van der Waals surface area contributed by atoms with Crippen LogP contribution in [0.5, 0.6) is 0 Å². The fraction of sp³-hybridized carbons (Fsp3) is 0.778. The van der Waals surface area contributed by atoms with Crippen LogP contribution in [0.15, 0.2) is 20.4 Å². The number of aliphatic imine (C=N–C) groups is 2. The topological polar surface area (TPSA) is 55.9 Å². The van der Waals surface area contributed by atoms with E-state index in [1.54, 1.807) is 22.7 Å². The van der Waals surface area contributed by atoms with Gasteiger partial charge in [0.05, 0.1) is 26.2 Å². The molecule has 0 aromatic carbocycles. The van der Waals surface area contributed by atoms with Crippen molar-refractivity contribution in [3.63, 3.8) is 0 Å². The van der Waals surface area contributed by atoms with E-state index in [2.05, 4.69) is 34.3 Å². The minimum absolute atomic E-state index is 0. The molecule has 2 aliphatic rings. The quantitative estimate of drug-likeness (QED) is 0.730. The molecule has 0 N–H and O–H groups in total. The zero-order valence-corrected chi connectivity index (χ0v) is 11.8. The van der Waals surface area contributed by atoms with E-state index in [0.29, 0.717) is 0 Å². The molecule has 0 radical (unpaired) electrons. The van der Waals surface area contributed by atoms with Crippen molar-refractivity contribution in [1.82, 2.24) is 10.0 Å². The largest absolute Gasteiger partial charge is 0.272 e. The number of hydrogen-bond acceptors (Lipinski definition) is 4. The molecule has 0 saturated heterocycles. The highest BCUT2D eigenvalue weighted by molar-refractivity contribution is 5.85. The summed E-state index contributed by atoms with van der Waals surface area (Å²) >= 11 is 0. The number of rotatable bonds is 2. The zero-order valence-electron chi connectivity index (χ0n) is 10.2. The number of halogens is 2. The molecular formula is C9H20Cl2N6. The molecular weight excluding hydrogens is 263 g/mol. The van der Waals surface area contributed by atoms with Crippen molar-refractivity contribution in [1.29, 1.82) is 0 Å². The average Bonchev–Trinajstić information content (AvgIpc) is 2.90. The molecule has 0 saturated carbocycles. The van der Waals surface area contributed by atoms with Crippen LogP contribution in [0.25, 0.3) is 0 Å². The van der Waals surface area contributed by atoms with Crippen molar-refractivity contribution in [2.24, 2.45) is 20.4 Å². The summed E-state index contributed by atoms with van der Waals surface area (Å²) in [6, 6.07) is 0. The third-order valence-electron chi connectivity index (χ3n) is 1.62. The smallest absolute Gasteiger partial charge is 0.108 e. The van der Waals surface area contributed by atoms with Gasteiger partial charge in [-0.05, 0) is 10.4 Å². The molecule has 100 valence electrons. The van der Waals surface area contributed by atoms with Gasteiger partial charge in [0.25, 0.3) is 0 Å². The maximum Gasteiger partial charge on any atom is 0.108 e. The minimum atomic E-state index is 0. The molecule has 0 bridgehead atoms. The molecule has 6 nitrogen and oxygen atoms in total. The molecule has 0 aromatic heterocycles. The Labute approximate surface area is 115 Å². The Bertz CT molecular complexity index is 232. The lowest BCUT2D eigenvalue weighted by molar-refractivity contribution is 0.372.